The predicted octanol–water partition coefficient (Wildman–Crippen LogP) is 2.09. The quantitative estimate of drug-likeness (QED) is 0.898. The van der Waals surface area contributed by atoms with E-state index in [2.05, 4.69) is 12.2 Å². The van der Waals surface area contributed by atoms with Crippen molar-refractivity contribution in [3.05, 3.63) is 29.0 Å². The SMILES string of the molecule is CC1CC(N)CN(CC(=O)Nc2ccc(Cl)cc2F)C1. The number of likely N-dealkylation sites (tertiary alicyclic amines) is 1. The lowest BCUT2D eigenvalue weighted by Crippen LogP contribution is -2.48. The summed E-state index contributed by atoms with van der Waals surface area (Å²) in [5.41, 5.74) is 6.08. The summed E-state index contributed by atoms with van der Waals surface area (Å²) < 4.78 is 13.6. The van der Waals surface area contributed by atoms with Gasteiger partial charge in [0.25, 0.3) is 0 Å². The Morgan fingerprint density at radius 2 is 2.30 bits per heavy atom. The van der Waals surface area contributed by atoms with E-state index >= 15 is 0 Å². The fourth-order valence-electron chi connectivity index (χ4n) is 2.63. The van der Waals surface area contributed by atoms with Crippen LogP contribution < -0.4 is 11.1 Å². The molecule has 1 aromatic carbocycles. The molecule has 1 aliphatic heterocycles. The summed E-state index contributed by atoms with van der Waals surface area (Å²) in [6.45, 7) is 3.87. The second-order valence-electron chi connectivity index (χ2n) is 5.47. The first-order valence-electron chi connectivity index (χ1n) is 6.67. The largest absolute Gasteiger partial charge is 0.327 e. The highest BCUT2D eigenvalue weighted by atomic mass is 35.5. The summed E-state index contributed by atoms with van der Waals surface area (Å²) in [4.78, 5) is 13.9. The van der Waals surface area contributed by atoms with Gasteiger partial charge in [0.05, 0.1) is 12.2 Å². The van der Waals surface area contributed by atoms with E-state index < -0.39 is 5.82 Å². The number of hydrogen-bond donors (Lipinski definition) is 2. The van der Waals surface area contributed by atoms with E-state index in [1.54, 1.807) is 6.07 Å². The first-order chi connectivity index (χ1) is 9.44. The van der Waals surface area contributed by atoms with Crippen LogP contribution in [0, 0.1) is 11.7 Å². The highest BCUT2D eigenvalue weighted by Crippen LogP contribution is 2.19. The summed E-state index contributed by atoms with van der Waals surface area (Å²) in [5, 5.41) is 2.86. The minimum atomic E-state index is -0.533. The van der Waals surface area contributed by atoms with E-state index in [4.69, 9.17) is 17.3 Å². The number of carbonyl (C=O) groups is 1. The Labute approximate surface area is 123 Å². The molecule has 6 heteroatoms. The van der Waals surface area contributed by atoms with Crippen molar-refractivity contribution >= 4 is 23.2 Å². The van der Waals surface area contributed by atoms with Crippen molar-refractivity contribution in [1.29, 1.82) is 0 Å². The van der Waals surface area contributed by atoms with Gasteiger partial charge in [-0.1, -0.05) is 18.5 Å². The second-order valence-corrected chi connectivity index (χ2v) is 5.90. The summed E-state index contributed by atoms with van der Waals surface area (Å²) in [7, 11) is 0. The molecule has 2 rings (SSSR count). The highest BCUT2D eigenvalue weighted by molar-refractivity contribution is 6.30. The number of nitrogens with zero attached hydrogens (tertiary/aromatic N) is 1. The van der Waals surface area contributed by atoms with Crippen LogP contribution in [0.3, 0.4) is 0 Å². The van der Waals surface area contributed by atoms with Gasteiger partial charge in [0.15, 0.2) is 0 Å². The van der Waals surface area contributed by atoms with E-state index in [-0.39, 0.29) is 24.2 Å². The maximum absolute atomic E-state index is 13.6. The van der Waals surface area contributed by atoms with Crippen molar-refractivity contribution in [2.45, 2.75) is 19.4 Å². The van der Waals surface area contributed by atoms with Crippen LogP contribution >= 0.6 is 11.6 Å². The highest BCUT2D eigenvalue weighted by Gasteiger charge is 2.23. The number of halogens is 2. The molecular formula is C14H19ClFN3O. The molecule has 1 fully saturated rings. The third-order valence-corrected chi connectivity index (χ3v) is 3.58. The number of anilines is 1. The number of rotatable bonds is 3. The number of carbonyl (C=O) groups excluding carboxylic acids is 1. The van der Waals surface area contributed by atoms with Gasteiger partial charge >= 0.3 is 0 Å². The molecule has 0 bridgehead atoms. The standard InChI is InChI=1S/C14H19ClFN3O/c1-9-4-11(17)7-19(6-9)8-14(20)18-13-3-2-10(15)5-12(13)16/h2-3,5,9,11H,4,6-8,17H2,1H3,(H,18,20). The molecule has 1 heterocycles. The van der Waals surface area contributed by atoms with Crippen LogP contribution in [-0.2, 0) is 4.79 Å². The molecule has 110 valence electrons. The van der Waals surface area contributed by atoms with Crippen molar-refractivity contribution in [2.24, 2.45) is 11.7 Å². The molecule has 4 nitrogen and oxygen atoms in total. The smallest absolute Gasteiger partial charge is 0.238 e. The molecule has 1 saturated heterocycles. The normalized spacial score (nSPS) is 23.6. The van der Waals surface area contributed by atoms with Crippen LogP contribution in [0.5, 0.6) is 0 Å². The number of nitrogens with two attached hydrogens (primary N) is 1. The number of hydrogen-bond acceptors (Lipinski definition) is 3. The average molecular weight is 300 g/mol. The van der Waals surface area contributed by atoms with Gasteiger partial charge in [-0.3, -0.25) is 9.69 Å². The van der Waals surface area contributed by atoms with Gasteiger partial charge in [0.2, 0.25) is 5.91 Å². The minimum Gasteiger partial charge on any atom is -0.327 e. The second kappa shape index (κ2) is 6.52. The Balaban J connectivity index is 1.92. The van der Waals surface area contributed by atoms with Gasteiger partial charge in [-0.25, -0.2) is 4.39 Å². The molecule has 2 unspecified atom stereocenters. The maximum atomic E-state index is 13.6. The van der Waals surface area contributed by atoms with Gasteiger partial charge in [-0.2, -0.15) is 0 Å². The van der Waals surface area contributed by atoms with E-state index in [0.717, 1.165) is 13.0 Å². The molecule has 0 spiro atoms. The molecule has 2 atom stereocenters. The summed E-state index contributed by atoms with van der Waals surface area (Å²) in [6.07, 6.45) is 0.976. The van der Waals surface area contributed by atoms with Crippen molar-refractivity contribution in [1.82, 2.24) is 4.90 Å². The van der Waals surface area contributed by atoms with Gasteiger partial charge in [0, 0.05) is 24.2 Å². The lowest BCUT2D eigenvalue weighted by molar-refractivity contribution is -0.117. The number of piperidine rings is 1. The molecule has 0 radical (unpaired) electrons. The Morgan fingerprint density at radius 1 is 1.55 bits per heavy atom. The molecule has 0 aliphatic carbocycles. The zero-order chi connectivity index (χ0) is 14.7. The van der Waals surface area contributed by atoms with Crippen LogP contribution in [0.4, 0.5) is 10.1 Å². The van der Waals surface area contributed by atoms with Crippen LogP contribution in [0.1, 0.15) is 13.3 Å². The van der Waals surface area contributed by atoms with E-state index in [9.17, 15) is 9.18 Å². The first-order valence-corrected chi connectivity index (χ1v) is 7.04. The molecule has 20 heavy (non-hydrogen) atoms. The Morgan fingerprint density at radius 3 is 2.95 bits per heavy atom. The van der Waals surface area contributed by atoms with E-state index in [1.165, 1.54) is 12.1 Å². The van der Waals surface area contributed by atoms with Gasteiger partial charge in [-0.15, -0.1) is 0 Å². The van der Waals surface area contributed by atoms with Crippen molar-refractivity contribution < 1.29 is 9.18 Å². The zero-order valence-corrected chi connectivity index (χ0v) is 12.2. The summed E-state index contributed by atoms with van der Waals surface area (Å²) in [5.74, 6) is -0.305. The van der Waals surface area contributed by atoms with E-state index in [1.807, 2.05) is 4.90 Å². The third kappa shape index (κ3) is 4.16. The summed E-state index contributed by atoms with van der Waals surface area (Å²) in [6, 6.07) is 4.27. The summed E-state index contributed by atoms with van der Waals surface area (Å²) >= 11 is 5.67. The van der Waals surface area contributed by atoms with Gasteiger partial charge in [0.1, 0.15) is 5.82 Å². The molecule has 0 aromatic heterocycles. The van der Waals surface area contributed by atoms with Gasteiger partial charge < -0.3 is 11.1 Å². The lowest BCUT2D eigenvalue weighted by atomic mass is 9.97. The monoisotopic (exact) mass is 299 g/mol. The fourth-order valence-corrected chi connectivity index (χ4v) is 2.78. The Bertz CT molecular complexity index is 487. The predicted molar refractivity (Wildman–Crippen MR) is 78.2 cm³/mol. The van der Waals surface area contributed by atoms with Crippen LogP contribution in [0.2, 0.25) is 5.02 Å². The third-order valence-electron chi connectivity index (χ3n) is 3.34. The molecular weight excluding hydrogens is 281 g/mol. The Kier molecular flexibility index (Phi) is 4.96. The topological polar surface area (TPSA) is 58.4 Å². The lowest BCUT2D eigenvalue weighted by Gasteiger charge is -2.34. The van der Waals surface area contributed by atoms with E-state index in [0.29, 0.717) is 17.5 Å². The van der Waals surface area contributed by atoms with Crippen molar-refractivity contribution in [2.75, 3.05) is 25.0 Å². The Hall–Kier alpha value is -1.17. The fraction of sp³-hybridized carbons (Fsp3) is 0.500. The number of amides is 1. The minimum absolute atomic E-state index is 0.0961. The first kappa shape index (κ1) is 15.2. The van der Waals surface area contributed by atoms with Crippen LogP contribution in [0.15, 0.2) is 18.2 Å². The van der Waals surface area contributed by atoms with Crippen molar-refractivity contribution in [3.63, 3.8) is 0 Å². The van der Waals surface area contributed by atoms with Crippen LogP contribution in [0.25, 0.3) is 0 Å². The van der Waals surface area contributed by atoms with Gasteiger partial charge in [-0.05, 0) is 30.5 Å². The molecule has 1 aliphatic rings. The number of benzene rings is 1. The molecule has 0 saturated carbocycles. The molecule has 1 amide bonds. The maximum Gasteiger partial charge on any atom is 0.238 e. The number of nitrogens with one attached hydrogen (secondary N) is 1. The van der Waals surface area contributed by atoms with Crippen LogP contribution in [-0.4, -0.2) is 36.5 Å². The van der Waals surface area contributed by atoms with Crippen molar-refractivity contribution in [3.8, 4) is 0 Å². The molecule has 1 aromatic rings. The average Bonchev–Trinajstić information content (AvgIpc) is 2.31. The molecule has 3 N–H and O–H groups in total. The zero-order valence-electron chi connectivity index (χ0n) is 11.4.